The van der Waals surface area contributed by atoms with Gasteiger partial charge in [0.15, 0.2) is 0 Å². The number of carbonyl (C=O) groups is 1. The van der Waals surface area contributed by atoms with Gasteiger partial charge >= 0.3 is 65.1 Å². The van der Waals surface area contributed by atoms with Crippen molar-refractivity contribution in [2.24, 2.45) is 5.41 Å². The fraction of sp³-hybridized carbons (Fsp3) is 0.870. The summed E-state index contributed by atoms with van der Waals surface area (Å²) < 4.78 is 0. The summed E-state index contributed by atoms with van der Waals surface area (Å²) in [6.45, 7) is 10.9. The van der Waals surface area contributed by atoms with E-state index < -0.39 is 12.0 Å². The van der Waals surface area contributed by atoms with E-state index in [1.165, 1.54) is 76.2 Å². The summed E-state index contributed by atoms with van der Waals surface area (Å²) >= 11 is 4.13. The van der Waals surface area contributed by atoms with E-state index in [9.17, 15) is 9.90 Å². The van der Waals surface area contributed by atoms with Gasteiger partial charge < -0.3 is 10.4 Å². The van der Waals surface area contributed by atoms with Crippen LogP contribution >= 0.6 is 12.6 Å². The molecule has 0 aliphatic rings. The van der Waals surface area contributed by atoms with E-state index in [1.54, 1.807) is 0 Å². The third kappa shape index (κ3) is 17.6. The van der Waals surface area contributed by atoms with E-state index in [1.807, 2.05) is 6.92 Å². The molecule has 0 aliphatic carbocycles. The number of allylic oxidation sites excluding steroid dienone is 2. The maximum atomic E-state index is 11.2. The van der Waals surface area contributed by atoms with E-state index in [-0.39, 0.29) is 64.5 Å². The Morgan fingerprint density at radius 2 is 1.31 bits per heavy atom. The van der Waals surface area contributed by atoms with Crippen molar-refractivity contribution < 1.29 is 9.90 Å². The molecule has 1 atom stereocenters. The number of aliphatic carboxylic acids is 1. The van der Waals surface area contributed by atoms with Crippen LogP contribution in [0.3, 0.4) is 0 Å². The van der Waals surface area contributed by atoms with Gasteiger partial charge in [-0.2, -0.15) is 12.6 Å². The Bertz CT molecular complexity index is 443. The minimum absolute atomic E-state index is 0. The van der Waals surface area contributed by atoms with Crippen molar-refractivity contribution in [2.75, 3.05) is 5.75 Å². The molecule has 3 nitrogen and oxygen atoms in total. The molecule has 164 valence electrons. The number of thiol groups is 1. The molecule has 0 aromatic carbocycles. The third-order valence-corrected chi connectivity index (χ3v) is 6.22. The first-order chi connectivity index (χ1) is 12.8. The number of hydrogen-bond donors (Lipinski definition) is 3. The molecule has 0 radical (unpaired) electrons. The molecule has 1 unspecified atom stereocenters. The molecule has 29 heavy (non-hydrogen) atoms. The molecular formula is C23H47NNa2O2S. The zero-order valence-corrected chi connectivity index (χ0v) is 19.5. The first kappa shape index (κ1) is 35.0. The maximum absolute atomic E-state index is 11.2. The van der Waals surface area contributed by atoms with Crippen molar-refractivity contribution in [3.8, 4) is 0 Å². The molecule has 2 N–H and O–H groups in total. The second kappa shape index (κ2) is 21.2. The quantitative estimate of drug-likeness (QED) is 0.153. The predicted molar refractivity (Wildman–Crippen MR) is 136 cm³/mol. The van der Waals surface area contributed by atoms with Crippen molar-refractivity contribution in [3.05, 3.63) is 11.3 Å². The molecule has 0 spiro atoms. The molecule has 0 aromatic heterocycles. The van der Waals surface area contributed by atoms with Crippen LogP contribution in [0, 0.1) is 5.41 Å². The van der Waals surface area contributed by atoms with Crippen LogP contribution in [0.2, 0.25) is 0 Å². The number of hydrogen-bond acceptors (Lipinski definition) is 3. The zero-order valence-electron chi connectivity index (χ0n) is 18.6. The first-order valence-electron chi connectivity index (χ1n) is 11.0. The number of carboxylic acids is 1. The zero-order chi connectivity index (χ0) is 20.7. The van der Waals surface area contributed by atoms with Crippen molar-refractivity contribution in [3.63, 3.8) is 0 Å². The molecule has 0 aliphatic heterocycles. The van der Waals surface area contributed by atoms with Crippen molar-refractivity contribution in [2.45, 2.75) is 118 Å². The average molecular weight is 448 g/mol. The fourth-order valence-electron chi connectivity index (χ4n) is 3.48. The SMILES string of the molecule is CCCCCCCCCCCCCC(C)(C)C(C)=C(C)NC(CS)C(=O)O.[NaH].[NaH]. The monoisotopic (exact) mass is 447 g/mol. The summed E-state index contributed by atoms with van der Waals surface area (Å²) in [7, 11) is 0. The van der Waals surface area contributed by atoms with E-state index >= 15 is 0 Å². The van der Waals surface area contributed by atoms with Gasteiger partial charge in [-0.05, 0) is 31.3 Å². The van der Waals surface area contributed by atoms with Gasteiger partial charge in [0, 0.05) is 11.4 Å². The van der Waals surface area contributed by atoms with Gasteiger partial charge in [0.05, 0.1) is 0 Å². The van der Waals surface area contributed by atoms with Crippen LogP contribution in [-0.4, -0.2) is 82.0 Å². The van der Waals surface area contributed by atoms with Crippen molar-refractivity contribution in [1.29, 1.82) is 0 Å². The molecule has 0 amide bonds. The molecule has 0 aromatic rings. The van der Waals surface area contributed by atoms with Crippen LogP contribution in [0.1, 0.15) is 112 Å². The Hall–Kier alpha value is 1.36. The Kier molecular flexibility index (Phi) is 25.6. The molecule has 6 heteroatoms. The van der Waals surface area contributed by atoms with Gasteiger partial charge in [0.2, 0.25) is 0 Å². The Morgan fingerprint density at radius 1 is 0.897 bits per heavy atom. The summed E-state index contributed by atoms with van der Waals surface area (Å²) in [6, 6.07) is -0.624. The van der Waals surface area contributed by atoms with E-state index in [0.717, 1.165) is 12.1 Å². The molecule has 0 saturated heterocycles. The van der Waals surface area contributed by atoms with Gasteiger partial charge in [0.1, 0.15) is 6.04 Å². The summed E-state index contributed by atoms with van der Waals surface area (Å²) in [6.07, 6.45) is 16.1. The number of unbranched alkanes of at least 4 members (excludes halogenated alkanes) is 10. The topological polar surface area (TPSA) is 49.3 Å². The average Bonchev–Trinajstić information content (AvgIpc) is 2.62. The van der Waals surface area contributed by atoms with Gasteiger partial charge in [-0.1, -0.05) is 91.4 Å². The molecule has 0 rings (SSSR count). The summed E-state index contributed by atoms with van der Waals surface area (Å²) in [5.74, 6) is -0.556. The van der Waals surface area contributed by atoms with E-state index in [0.29, 0.717) is 5.75 Å². The Morgan fingerprint density at radius 3 is 1.69 bits per heavy atom. The summed E-state index contributed by atoms with van der Waals surface area (Å²) in [5.41, 5.74) is 2.32. The minimum atomic E-state index is -0.847. The summed E-state index contributed by atoms with van der Waals surface area (Å²) in [4.78, 5) is 11.2. The summed E-state index contributed by atoms with van der Waals surface area (Å²) in [5, 5.41) is 12.3. The second-order valence-electron chi connectivity index (χ2n) is 8.64. The molecule has 0 heterocycles. The van der Waals surface area contributed by atoms with Gasteiger partial charge in [0.25, 0.3) is 0 Å². The van der Waals surface area contributed by atoms with Crippen LogP contribution in [0.5, 0.6) is 0 Å². The van der Waals surface area contributed by atoms with Crippen LogP contribution in [-0.2, 0) is 4.79 Å². The van der Waals surface area contributed by atoms with Crippen molar-refractivity contribution in [1.82, 2.24) is 5.32 Å². The van der Waals surface area contributed by atoms with E-state index in [2.05, 4.69) is 45.6 Å². The number of rotatable bonds is 17. The first-order valence-corrected chi connectivity index (χ1v) is 11.7. The molecule has 0 fully saturated rings. The Labute approximate surface area is 231 Å². The van der Waals surface area contributed by atoms with Crippen LogP contribution in [0.25, 0.3) is 0 Å². The fourth-order valence-corrected chi connectivity index (χ4v) is 3.73. The molecule has 0 saturated carbocycles. The standard InChI is InChI=1S/C23H45NO2S.2Na.2H/c1-6-7-8-9-10-11-12-13-14-15-16-17-23(4,5)19(2)20(3)24-21(18-27)22(25)26;;;;/h21,24,27H,6-18H2,1-5H3,(H,25,26);;;;. The van der Waals surface area contributed by atoms with Gasteiger partial charge in [-0.3, -0.25) is 0 Å². The number of carboxylic acid groups (broad SMARTS) is 1. The molecular weight excluding hydrogens is 400 g/mol. The van der Waals surface area contributed by atoms with Crippen LogP contribution in [0.4, 0.5) is 0 Å². The van der Waals surface area contributed by atoms with Crippen molar-refractivity contribution >= 4 is 77.7 Å². The van der Waals surface area contributed by atoms with Crippen LogP contribution in [0.15, 0.2) is 11.3 Å². The van der Waals surface area contributed by atoms with Gasteiger partial charge in [-0.25, -0.2) is 4.79 Å². The predicted octanol–water partition coefficient (Wildman–Crippen LogP) is 5.68. The normalized spacial score (nSPS) is 13.0. The van der Waals surface area contributed by atoms with E-state index in [4.69, 9.17) is 0 Å². The molecule has 0 bridgehead atoms. The number of nitrogens with one attached hydrogen (secondary N) is 1. The third-order valence-electron chi connectivity index (χ3n) is 5.85. The van der Waals surface area contributed by atoms with Crippen LogP contribution < -0.4 is 5.32 Å². The Balaban J connectivity index is -0.00000338. The second-order valence-corrected chi connectivity index (χ2v) is 9.00. The van der Waals surface area contributed by atoms with Gasteiger partial charge in [-0.15, -0.1) is 0 Å².